The molecule has 3 fully saturated rings. The molecule has 8 heteroatoms. The van der Waals surface area contributed by atoms with Crippen LogP contribution in [0.2, 0.25) is 0 Å². The maximum Gasteiger partial charge on any atom is 0.251 e. The third kappa shape index (κ3) is 6.58. The number of hydrogen-bond acceptors (Lipinski definition) is 6. The lowest BCUT2D eigenvalue weighted by Crippen LogP contribution is -2.53. The molecule has 0 saturated carbocycles. The highest BCUT2D eigenvalue weighted by Crippen LogP contribution is 2.35. The van der Waals surface area contributed by atoms with Gasteiger partial charge < -0.3 is 19.9 Å². The van der Waals surface area contributed by atoms with E-state index in [2.05, 4.69) is 50.0 Å². The highest BCUT2D eigenvalue weighted by Gasteiger charge is 2.53. The van der Waals surface area contributed by atoms with Crippen LogP contribution in [0.4, 0.5) is 0 Å². The number of piperidine rings is 1. The Morgan fingerprint density at radius 3 is 2.43 bits per heavy atom. The van der Waals surface area contributed by atoms with E-state index in [9.17, 15) is 14.4 Å². The topological polar surface area (TPSA) is 79.0 Å². The maximum atomic E-state index is 13.8. The largest absolute Gasteiger partial charge is 0.367 e. The Morgan fingerprint density at radius 1 is 1.16 bits per heavy atom. The van der Waals surface area contributed by atoms with E-state index in [1.165, 1.54) is 12.0 Å². The summed E-state index contributed by atoms with van der Waals surface area (Å²) in [4.78, 5) is 43.8. The second-order valence-electron chi connectivity index (χ2n) is 12.0. The molecule has 0 aromatic heterocycles. The van der Waals surface area contributed by atoms with E-state index < -0.39 is 12.1 Å². The summed E-state index contributed by atoms with van der Waals surface area (Å²) < 4.78 is 5.73. The number of nitrogens with one attached hydrogen (secondary N) is 1. The molecule has 3 saturated heterocycles. The molecule has 37 heavy (non-hydrogen) atoms. The predicted octanol–water partition coefficient (Wildman–Crippen LogP) is 3.72. The Bertz CT molecular complexity index is 968. The van der Waals surface area contributed by atoms with Crippen LogP contribution in [0.5, 0.6) is 0 Å². The first-order valence-electron chi connectivity index (χ1n) is 13.7. The van der Waals surface area contributed by atoms with Gasteiger partial charge in [-0.2, -0.15) is 11.8 Å². The van der Waals surface area contributed by atoms with Gasteiger partial charge in [0.1, 0.15) is 18.7 Å². The number of nitrogens with zero attached hydrogens (tertiary/aromatic N) is 2. The van der Waals surface area contributed by atoms with Crippen LogP contribution >= 0.6 is 11.8 Å². The van der Waals surface area contributed by atoms with Crippen molar-refractivity contribution in [3.05, 3.63) is 35.4 Å². The average Bonchev–Trinajstić information content (AvgIpc) is 3.43. The molecule has 3 heterocycles. The van der Waals surface area contributed by atoms with Crippen LogP contribution in [0.15, 0.2) is 24.3 Å². The Morgan fingerprint density at radius 2 is 1.84 bits per heavy atom. The zero-order valence-electron chi connectivity index (χ0n) is 23.0. The number of carbonyl (C=O) groups excluding carboxylic acids is 3. The molecular weight excluding hydrogens is 486 g/mol. The number of thioether (sulfide) groups is 1. The molecule has 4 atom stereocenters. The van der Waals surface area contributed by atoms with Crippen LogP contribution < -0.4 is 5.32 Å². The molecule has 4 rings (SSSR count). The first kappa shape index (κ1) is 28.1. The van der Waals surface area contributed by atoms with Crippen LogP contribution in [0.1, 0.15) is 75.2 Å². The van der Waals surface area contributed by atoms with E-state index in [-0.39, 0.29) is 41.0 Å². The van der Waals surface area contributed by atoms with Crippen molar-refractivity contribution in [2.45, 2.75) is 82.7 Å². The van der Waals surface area contributed by atoms with Gasteiger partial charge in [0, 0.05) is 12.1 Å². The maximum absolute atomic E-state index is 13.8. The first-order valence-corrected chi connectivity index (χ1v) is 15.0. The Hall–Kier alpha value is -1.90. The normalized spacial score (nSPS) is 25.8. The number of Topliss-reactive ketones (excluding diaryl/α,β-unsaturated/α-hetero) is 1. The van der Waals surface area contributed by atoms with E-state index >= 15 is 0 Å². The molecule has 3 aliphatic rings. The zero-order valence-corrected chi connectivity index (χ0v) is 23.8. The van der Waals surface area contributed by atoms with Crippen molar-refractivity contribution in [3.63, 3.8) is 0 Å². The molecule has 3 aliphatic heterocycles. The molecule has 1 N–H and O–H groups in total. The van der Waals surface area contributed by atoms with Gasteiger partial charge in [-0.25, -0.2) is 0 Å². The fourth-order valence-electron chi connectivity index (χ4n) is 6.01. The van der Waals surface area contributed by atoms with Crippen LogP contribution in [0.3, 0.4) is 0 Å². The Kier molecular flexibility index (Phi) is 9.02. The molecule has 0 radical (unpaired) electrons. The minimum absolute atomic E-state index is 0.0492. The smallest absolute Gasteiger partial charge is 0.251 e. The molecule has 0 bridgehead atoms. The van der Waals surface area contributed by atoms with Crippen molar-refractivity contribution in [1.82, 2.24) is 15.1 Å². The van der Waals surface area contributed by atoms with Gasteiger partial charge in [-0.05, 0) is 80.6 Å². The van der Waals surface area contributed by atoms with E-state index in [4.69, 9.17) is 4.74 Å². The summed E-state index contributed by atoms with van der Waals surface area (Å²) in [7, 11) is 0. The summed E-state index contributed by atoms with van der Waals surface area (Å²) in [6.07, 6.45) is 5.68. The van der Waals surface area contributed by atoms with Crippen molar-refractivity contribution in [2.75, 3.05) is 39.0 Å². The number of hydrogen-bond donors (Lipinski definition) is 1. The summed E-state index contributed by atoms with van der Waals surface area (Å²) in [5, 5.41) is 3.08. The summed E-state index contributed by atoms with van der Waals surface area (Å²) >= 11 is 1.62. The fourth-order valence-corrected chi connectivity index (χ4v) is 6.82. The average molecular weight is 530 g/mol. The second kappa shape index (κ2) is 11.9. The number of ketones is 1. The molecule has 7 nitrogen and oxygen atoms in total. The quantitative estimate of drug-likeness (QED) is 0.553. The molecule has 0 spiro atoms. The Balaban J connectivity index is 1.44. The number of likely N-dealkylation sites (tertiary alicyclic amines) is 2. The number of fused-ring (bicyclic) bond motifs is 1. The first-order chi connectivity index (χ1) is 17.6. The minimum Gasteiger partial charge on any atom is -0.367 e. The lowest BCUT2D eigenvalue weighted by Gasteiger charge is -2.32. The number of amides is 2. The van der Waals surface area contributed by atoms with Crippen LogP contribution in [0.25, 0.3) is 0 Å². The Labute approximate surface area is 226 Å². The molecule has 204 valence electrons. The lowest BCUT2D eigenvalue weighted by atomic mass is 9.87. The molecule has 1 aromatic rings. The predicted molar refractivity (Wildman–Crippen MR) is 148 cm³/mol. The number of benzene rings is 1. The highest BCUT2D eigenvalue weighted by atomic mass is 32.2. The van der Waals surface area contributed by atoms with Gasteiger partial charge >= 0.3 is 0 Å². The van der Waals surface area contributed by atoms with E-state index in [1.807, 2.05) is 18.4 Å². The summed E-state index contributed by atoms with van der Waals surface area (Å²) in [6, 6.07) is 6.64. The standard InChI is InChI=1S/C29H43N3O4S/c1-6-13-31-14-11-20(12-15-31)19-7-9-21(10-8-19)27(34)30-22(16-29(2,3)4)28(35)32-17-24(37-5)26-25(32)23(33)18-36-26/h7-10,20,22,24-26H,6,11-18H2,1-5H3,(H,30,34)/t22?,24-,25+,26+/m0/s1. The van der Waals surface area contributed by atoms with Gasteiger partial charge in [-0.15, -0.1) is 0 Å². The summed E-state index contributed by atoms with van der Waals surface area (Å²) in [5.74, 6) is 0.0353. The fraction of sp³-hybridized carbons (Fsp3) is 0.690. The van der Waals surface area contributed by atoms with Crippen LogP contribution in [0, 0.1) is 5.41 Å². The van der Waals surface area contributed by atoms with Gasteiger partial charge in [0.2, 0.25) is 5.91 Å². The van der Waals surface area contributed by atoms with E-state index in [1.54, 1.807) is 16.7 Å². The van der Waals surface area contributed by atoms with Gasteiger partial charge in [0.05, 0.1) is 11.4 Å². The van der Waals surface area contributed by atoms with Crippen molar-refractivity contribution in [3.8, 4) is 0 Å². The van der Waals surface area contributed by atoms with E-state index in [0.29, 0.717) is 24.4 Å². The highest BCUT2D eigenvalue weighted by molar-refractivity contribution is 7.99. The van der Waals surface area contributed by atoms with Gasteiger partial charge in [-0.1, -0.05) is 39.8 Å². The number of ether oxygens (including phenoxy) is 1. The minimum atomic E-state index is -0.704. The third-order valence-corrected chi connectivity index (χ3v) is 8.94. The summed E-state index contributed by atoms with van der Waals surface area (Å²) in [5.41, 5.74) is 1.65. The van der Waals surface area contributed by atoms with E-state index in [0.717, 1.165) is 32.5 Å². The second-order valence-corrected chi connectivity index (χ2v) is 13.1. The van der Waals surface area contributed by atoms with Crippen molar-refractivity contribution in [1.29, 1.82) is 0 Å². The monoisotopic (exact) mass is 529 g/mol. The van der Waals surface area contributed by atoms with Crippen molar-refractivity contribution in [2.24, 2.45) is 5.41 Å². The third-order valence-electron chi connectivity index (χ3n) is 7.92. The molecule has 0 aliphatic carbocycles. The number of carbonyl (C=O) groups is 3. The molecule has 1 aromatic carbocycles. The molecular formula is C29H43N3O4S. The zero-order chi connectivity index (χ0) is 26.7. The molecule has 2 amide bonds. The van der Waals surface area contributed by atoms with Gasteiger partial charge in [-0.3, -0.25) is 14.4 Å². The summed E-state index contributed by atoms with van der Waals surface area (Å²) in [6.45, 7) is 12.3. The molecule has 1 unspecified atom stereocenters. The SMILES string of the molecule is CCCN1CCC(c2ccc(C(=O)NC(CC(C)(C)C)C(=O)N3C[C@H](SC)[C@H]4OCC(=O)[C@H]43)cc2)CC1. The van der Waals surface area contributed by atoms with Crippen LogP contribution in [-0.4, -0.2) is 89.9 Å². The number of rotatable bonds is 8. The van der Waals surface area contributed by atoms with Gasteiger partial charge in [0.15, 0.2) is 5.78 Å². The van der Waals surface area contributed by atoms with Crippen molar-refractivity contribution >= 4 is 29.4 Å². The van der Waals surface area contributed by atoms with Crippen LogP contribution in [-0.2, 0) is 14.3 Å². The van der Waals surface area contributed by atoms with Gasteiger partial charge in [0.25, 0.3) is 5.91 Å². The van der Waals surface area contributed by atoms with Crippen molar-refractivity contribution < 1.29 is 19.1 Å². The lowest BCUT2D eigenvalue weighted by molar-refractivity contribution is -0.138.